The van der Waals surface area contributed by atoms with Gasteiger partial charge in [0.1, 0.15) is 4.87 Å². The van der Waals surface area contributed by atoms with Crippen LogP contribution in [-0.4, -0.2) is 6.41 Å². The highest BCUT2D eigenvalue weighted by Crippen LogP contribution is 2.23. The third-order valence-electron chi connectivity index (χ3n) is 1.68. The maximum Gasteiger partial charge on any atom is 0.208 e. The van der Waals surface area contributed by atoms with E-state index >= 15 is 0 Å². The molecular weight excluding hydrogens is 170 g/mol. The first-order valence-electron chi connectivity index (χ1n) is 3.66. The van der Waals surface area contributed by atoms with Gasteiger partial charge in [-0.1, -0.05) is 30.3 Å². The van der Waals surface area contributed by atoms with Crippen LogP contribution in [0, 0.1) is 0 Å². The van der Waals surface area contributed by atoms with E-state index in [0.717, 1.165) is 5.56 Å². The molecule has 0 fully saturated rings. The Hall–Kier alpha value is -0.960. The lowest BCUT2D eigenvalue weighted by Crippen LogP contribution is -2.32. The molecule has 1 N–H and O–H groups in total. The molecule has 0 spiro atoms. The second-order valence-corrected chi connectivity index (χ2v) is 3.59. The summed E-state index contributed by atoms with van der Waals surface area (Å²) in [6.45, 7) is 1.83. The zero-order valence-electron chi connectivity index (χ0n) is 6.82. The Kier molecular flexibility index (Phi) is 2.76. The Balaban J connectivity index is 2.89. The number of carbonyl (C=O) groups excluding carboxylic acids is 1. The number of nitrogens with one attached hydrogen (secondary N) is 1. The maximum absolute atomic E-state index is 10.2. The van der Waals surface area contributed by atoms with Crippen LogP contribution in [0.1, 0.15) is 12.5 Å². The predicted octanol–water partition coefficient (Wildman–Crippen LogP) is 1.54. The fourth-order valence-electron chi connectivity index (χ4n) is 0.961. The summed E-state index contributed by atoms with van der Waals surface area (Å²) in [6, 6.07) is 9.59. The monoisotopic (exact) mass is 181 g/mol. The van der Waals surface area contributed by atoms with Crippen molar-refractivity contribution in [2.75, 3.05) is 0 Å². The van der Waals surface area contributed by atoms with E-state index in [0.29, 0.717) is 6.41 Å². The zero-order valence-corrected chi connectivity index (χ0v) is 7.71. The molecule has 0 aromatic heterocycles. The van der Waals surface area contributed by atoms with E-state index in [1.54, 1.807) is 0 Å². The number of hydrogen-bond acceptors (Lipinski definition) is 2. The van der Waals surface area contributed by atoms with E-state index in [1.165, 1.54) is 0 Å². The second-order valence-electron chi connectivity index (χ2n) is 2.70. The second kappa shape index (κ2) is 3.63. The third kappa shape index (κ3) is 2.01. The SMILES string of the molecule is C[C@@](S)(NC=O)c1ccccc1. The van der Waals surface area contributed by atoms with Crippen LogP contribution in [0.25, 0.3) is 0 Å². The van der Waals surface area contributed by atoms with Crippen molar-refractivity contribution < 1.29 is 4.79 Å². The third-order valence-corrected chi connectivity index (χ3v) is 2.06. The molecule has 0 aliphatic rings. The number of amides is 1. The Morgan fingerprint density at radius 1 is 1.42 bits per heavy atom. The molecule has 0 saturated heterocycles. The van der Waals surface area contributed by atoms with Crippen LogP contribution in [0.4, 0.5) is 0 Å². The van der Waals surface area contributed by atoms with Gasteiger partial charge in [-0.2, -0.15) is 0 Å². The number of benzene rings is 1. The van der Waals surface area contributed by atoms with Crippen LogP contribution in [-0.2, 0) is 9.67 Å². The fourth-order valence-corrected chi connectivity index (χ4v) is 1.16. The molecule has 0 saturated carbocycles. The Morgan fingerprint density at radius 2 is 2.00 bits per heavy atom. The molecule has 0 bridgehead atoms. The molecule has 1 rings (SSSR count). The normalized spacial score (nSPS) is 14.8. The van der Waals surface area contributed by atoms with Gasteiger partial charge in [-0.25, -0.2) is 0 Å². The van der Waals surface area contributed by atoms with Crippen molar-refractivity contribution >= 4 is 19.0 Å². The first-order valence-corrected chi connectivity index (χ1v) is 4.11. The Morgan fingerprint density at radius 3 is 2.50 bits per heavy atom. The highest BCUT2D eigenvalue weighted by molar-refractivity contribution is 7.81. The van der Waals surface area contributed by atoms with Gasteiger partial charge in [0.05, 0.1) is 0 Å². The molecule has 1 amide bonds. The molecule has 1 atom stereocenters. The fraction of sp³-hybridized carbons (Fsp3) is 0.222. The van der Waals surface area contributed by atoms with Crippen LogP contribution in [0.5, 0.6) is 0 Å². The first-order chi connectivity index (χ1) is 5.67. The van der Waals surface area contributed by atoms with E-state index in [1.807, 2.05) is 37.3 Å². The largest absolute Gasteiger partial charge is 0.341 e. The van der Waals surface area contributed by atoms with E-state index < -0.39 is 4.87 Å². The molecule has 0 unspecified atom stereocenters. The molecule has 0 heterocycles. The van der Waals surface area contributed by atoms with Crippen LogP contribution in [0.3, 0.4) is 0 Å². The molecule has 2 nitrogen and oxygen atoms in total. The summed E-state index contributed by atoms with van der Waals surface area (Å²) in [4.78, 5) is 9.65. The van der Waals surface area contributed by atoms with Crippen LogP contribution in [0.15, 0.2) is 30.3 Å². The topological polar surface area (TPSA) is 29.1 Å². The summed E-state index contributed by atoms with van der Waals surface area (Å²) >= 11 is 4.31. The van der Waals surface area contributed by atoms with Gasteiger partial charge in [0.25, 0.3) is 0 Å². The highest BCUT2D eigenvalue weighted by Gasteiger charge is 2.19. The van der Waals surface area contributed by atoms with Crippen molar-refractivity contribution in [3.8, 4) is 0 Å². The van der Waals surface area contributed by atoms with Crippen LogP contribution < -0.4 is 5.32 Å². The van der Waals surface area contributed by atoms with Crippen molar-refractivity contribution in [1.29, 1.82) is 0 Å². The van der Waals surface area contributed by atoms with Gasteiger partial charge in [0.2, 0.25) is 6.41 Å². The van der Waals surface area contributed by atoms with E-state index in [2.05, 4.69) is 17.9 Å². The van der Waals surface area contributed by atoms with Gasteiger partial charge in [0.15, 0.2) is 0 Å². The standard InChI is InChI=1S/C9H11NOS/c1-9(12,10-7-11)8-5-3-2-4-6-8/h2-7,12H,1H3,(H,10,11)/t9-/m0/s1. The van der Waals surface area contributed by atoms with Crippen molar-refractivity contribution in [2.45, 2.75) is 11.8 Å². The number of thiol groups is 1. The summed E-state index contributed by atoms with van der Waals surface area (Å²) in [5.41, 5.74) is 0.973. The lowest BCUT2D eigenvalue weighted by atomic mass is 10.1. The molecule has 0 aliphatic heterocycles. The Bertz CT molecular complexity index is 258. The Labute approximate surface area is 77.4 Å². The number of hydrogen-bond donors (Lipinski definition) is 2. The summed E-state index contributed by atoms with van der Waals surface area (Å²) in [6.07, 6.45) is 0.653. The molecule has 1 aromatic carbocycles. The smallest absolute Gasteiger partial charge is 0.208 e. The molecule has 64 valence electrons. The summed E-state index contributed by atoms with van der Waals surface area (Å²) < 4.78 is 0. The quantitative estimate of drug-likeness (QED) is 0.413. The molecular formula is C9H11NOS. The molecule has 3 heteroatoms. The van der Waals surface area contributed by atoms with Crippen LogP contribution in [0.2, 0.25) is 0 Å². The first kappa shape index (κ1) is 9.13. The lowest BCUT2D eigenvalue weighted by molar-refractivity contribution is -0.110. The number of rotatable bonds is 3. The van der Waals surface area contributed by atoms with Crippen LogP contribution >= 0.6 is 12.6 Å². The van der Waals surface area contributed by atoms with Crippen molar-refractivity contribution in [1.82, 2.24) is 5.32 Å². The minimum Gasteiger partial charge on any atom is -0.341 e. The summed E-state index contributed by atoms with van der Waals surface area (Å²) in [5, 5.41) is 2.62. The van der Waals surface area contributed by atoms with Crippen molar-refractivity contribution in [3.63, 3.8) is 0 Å². The van der Waals surface area contributed by atoms with Gasteiger partial charge in [-0.3, -0.25) is 4.79 Å². The highest BCUT2D eigenvalue weighted by atomic mass is 32.1. The average molecular weight is 181 g/mol. The maximum atomic E-state index is 10.2. The van der Waals surface area contributed by atoms with Gasteiger partial charge in [0, 0.05) is 0 Å². The van der Waals surface area contributed by atoms with Gasteiger partial charge >= 0.3 is 0 Å². The summed E-state index contributed by atoms with van der Waals surface area (Å²) in [7, 11) is 0. The molecule has 1 aromatic rings. The van der Waals surface area contributed by atoms with Gasteiger partial charge < -0.3 is 5.32 Å². The van der Waals surface area contributed by atoms with Gasteiger partial charge in [-0.05, 0) is 12.5 Å². The molecule has 12 heavy (non-hydrogen) atoms. The van der Waals surface area contributed by atoms with E-state index in [4.69, 9.17) is 0 Å². The van der Waals surface area contributed by atoms with E-state index in [-0.39, 0.29) is 0 Å². The minimum atomic E-state index is -0.580. The van der Waals surface area contributed by atoms with E-state index in [9.17, 15) is 4.79 Å². The zero-order chi connectivity index (χ0) is 9.03. The molecule has 0 aliphatic carbocycles. The average Bonchev–Trinajstić information content (AvgIpc) is 2.06. The summed E-state index contributed by atoms with van der Waals surface area (Å²) in [5.74, 6) is 0. The molecule has 0 radical (unpaired) electrons. The van der Waals surface area contributed by atoms with Crippen molar-refractivity contribution in [3.05, 3.63) is 35.9 Å². The lowest BCUT2D eigenvalue weighted by Gasteiger charge is -2.22. The minimum absolute atomic E-state index is 0.580. The van der Waals surface area contributed by atoms with Gasteiger partial charge in [-0.15, -0.1) is 12.6 Å². The predicted molar refractivity (Wildman–Crippen MR) is 52.0 cm³/mol. The van der Waals surface area contributed by atoms with Crippen molar-refractivity contribution in [2.24, 2.45) is 0 Å². The number of carbonyl (C=O) groups is 1.